The molecule has 4 rings (SSSR count). The average Bonchev–Trinajstić information content (AvgIpc) is 2.87. The lowest BCUT2D eigenvalue weighted by Crippen LogP contribution is -2.22. The summed E-state index contributed by atoms with van der Waals surface area (Å²) in [7, 11) is 0. The molecule has 182 valence electrons. The van der Waals surface area contributed by atoms with E-state index in [0.29, 0.717) is 34.5 Å². The smallest absolute Gasteiger partial charge is 0.335 e. The van der Waals surface area contributed by atoms with E-state index in [1.165, 1.54) is 41.2 Å². The summed E-state index contributed by atoms with van der Waals surface area (Å²) < 4.78 is 7.74. The van der Waals surface area contributed by atoms with Gasteiger partial charge in [-0.3, -0.25) is 14.9 Å². The zero-order chi connectivity index (χ0) is 25.8. The van der Waals surface area contributed by atoms with Crippen LogP contribution in [0.2, 0.25) is 0 Å². The van der Waals surface area contributed by atoms with Crippen LogP contribution in [-0.2, 0) is 13.0 Å². The van der Waals surface area contributed by atoms with Crippen LogP contribution in [0.15, 0.2) is 75.0 Å². The molecule has 0 spiro atoms. The van der Waals surface area contributed by atoms with E-state index < -0.39 is 10.9 Å². The standard InChI is InChI=1S/C25H19BrN4O6/c1-2-23-28-21-9-7-18(26)12-20(21)24(31)29(23)27-13-17-11-19(30(34)35)8-10-22(17)36-14-15-3-5-16(6-4-15)25(32)33/h3-13H,2,14H2,1H3,(H,32,33). The van der Waals surface area contributed by atoms with E-state index in [-0.39, 0.29) is 29.0 Å². The van der Waals surface area contributed by atoms with Crippen LogP contribution in [0.5, 0.6) is 5.75 Å². The van der Waals surface area contributed by atoms with Crippen LogP contribution < -0.4 is 10.3 Å². The number of benzene rings is 3. The summed E-state index contributed by atoms with van der Waals surface area (Å²) in [5.41, 5.74) is 1.14. The van der Waals surface area contributed by atoms with Crippen LogP contribution >= 0.6 is 15.9 Å². The molecule has 0 atom stereocenters. The number of carbonyl (C=O) groups is 1. The van der Waals surface area contributed by atoms with Crippen molar-refractivity contribution < 1.29 is 19.6 Å². The molecule has 0 aliphatic heterocycles. The Morgan fingerprint density at radius 1 is 1.19 bits per heavy atom. The van der Waals surface area contributed by atoms with E-state index in [1.807, 2.05) is 6.92 Å². The van der Waals surface area contributed by atoms with Gasteiger partial charge in [0.15, 0.2) is 0 Å². The molecule has 0 fully saturated rings. The molecule has 0 saturated carbocycles. The van der Waals surface area contributed by atoms with Crippen LogP contribution in [-0.4, -0.2) is 31.9 Å². The van der Waals surface area contributed by atoms with Crippen molar-refractivity contribution in [3.63, 3.8) is 0 Å². The first kappa shape index (κ1) is 24.7. The van der Waals surface area contributed by atoms with Crippen LogP contribution in [0.3, 0.4) is 0 Å². The van der Waals surface area contributed by atoms with E-state index in [1.54, 1.807) is 30.3 Å². The fourth-order valence-corrected chi connectivity index (χ4v) is 3.81. The number of non-ortho nitro benzene ring substituents is 1. The third-order valence-corrected chi connectivity index (χ3v) is 5.80. The number of carboxylic acids is 1. The van der Waals surface area contributed by atoms with Crippen molar-refractivity contribution in [1.29, 1.82) is 0 Å². The minimum atomic E-state index is -1.03. The second-order valence-corrected chi connectivity index (χ2v) is 8.59. The number of carboxylic acid groups (broad SMARTS) is 1. The largest absolute Gasteiger partial charge is 0.488 e. The Hall–Kier alpha value is -4.38. The van der Waals surface area contributed by atoms with Crippen LogP contribution in [0, 0.1) is 10.1 Å². The second-order valence-electron chi connectivity index (χ2n) is 7.67. The zero-order valence-electron chi connectivity index (χ0n) is 18.9. The van der Waals surface area contributed by atoms with Crippen molar-refractivity contribution in [1.82, 2.24) is 9.66 Å². The Morgan fingerprint density at radius 3 is 2.61 bits per heavy atom. The molecule has 36 heavy (non-hydrogen) atoms. The van der Waals surface area contributed by atoms with E-state index in [2.05, 4.69) is 26.0 Å². The average molecular weight is 551 g/mol. The molecule has 10 nitrogen and oxygen atoms in total. The van der Waals surface area contributed by atoms with Gasteiger partial charge in [0.1, 0.15) is 18.2 Å². The number of rotatable bonds is 8. The maximum absolute atomic E-state index is 13.1. The fraction of sp³-hybridized carbons (Fsp3) is 0.120. The van der Waals surface area contributed by atoms with Gasteiger partial charge in [0.05, 0.1) is 27.6 Å². The number of aromatic carboxylic acids is 1. The predicted molar refractivity (Wildman–Crippen MR) is 137 cm³/mol. The Labute approximate surface area is 212 Å². The maximum atomic E-state index is 13.1. The molecule has 0 aliphatic rings. The van der Waals surface area contributed by atoms with Crippen LogP contribution in [0.25, 0.3) is 10.9 Å². The highest BCUT2D eigenvalue weighted by molar-refractivity contribution is 9.10. The van der Waals surface area contributed by atoms with Gasteiger partial charge < -0.3 is 9.84 Å². The summed E-state index contributed by atoms with van der Waals surface area (Å²) in [6, 6.07) is 15.4. The van der Waals surface area contributed by atoms with Gasteiger partial charge in [-0.1, -0.05) is 35.0 Å². The fourth-order valence-electron chi connectivity index (χ4n) is 3.45. The van der Waals surface area contributed by atoms with Gasteiger partial charge in [-0.25, -0.2) is 9.78 Å². The highest BCUT2D eigenvalue weighted by Gasteiger charge is 2.13. The summed E-state index contributed by atoms with van der Waals surface area (Å²) in [5, 5.41) is 25.1. The molecule has 0 unspecified atom stereocenters. The van der Waals surface area contributed by atoms with Crippen LogP contribution in [0.1, 0.15) is 34.2 Å². The first-order chi connectivity index (χ1) is 17.3. The summed E-state index contributed by atoms with van der Waals surface area (Å²) in [4.78, 5) is 39.5. The maximum Gasteiger partial charge on any atom is 0.335 e. The van der Waals surface area contributed by atoms with E-state index in [4.69, 9.17) is 9.84 Å². The third-order valence-electron chi connectivity index (χ3n) is 5.30. The molecule has 1 aromatic heterocycles. The molecule has 1 heterocycles. The molecule has 4 aromatic rings. The van der Waals surface area contributed by atoms with Gasteiger partial charge >= 0.3 is 5.97 Å². The van der Waals surface area contributed by atoms with Crippen molar-refractivity contribution in [3.05, 3.63) is 108 Å². The lowest BCUT2D eigenvalue weighted by atomic mass is 10.1. The minimum Gasteiger partial charge on any atom is -0.488 e. The third kappa shape index (κ3) is 5.31. The van der Waals surface area contributed by atoms with Gasteiger partial charge in [0, 0.05) is 28.6 Å². The molecule has 0 amide bonds. The van der Waals surface area contributed by atoms with Crippen LogP contribution in [0.4, 0.5) is 5.69 Å². The quantitative estimate of drug-likeness (QED) is 0.189. The Balaban J connectivity index is 1.70. The first-order valence-electron chi connectivity index (χ1n) is 10.8. The lowest BCUT2D eigenvalue weighted by molar-refractivity contribution is -0.384. The molecule has 0 radical (unpaired) electrons. The number of nitro groups is 1. The number of hydrogen-bond acceptors (Lipinski definition) is 7. The van der Waals surface area contributed by atoms with Crippen molar-refractivity contribution in [2.45, 2.75) is 20.0 Å². The van der Waals surface area contributed by atoms with Gasteiger partial charge in [-0.2, -0.15) is 9.78 Å². The second kappa shape index (κ2) is 10.5. The molecule has 0 aliphatic carbocycles. The topological polar surface area (TPSA) is 137 Å². The van der Waals surface area contributed by atoms with E-state index in [9.17, 15) is 19.7 Å². The predicted octanol–water partition coefficient (Wildman–Crippen LogP) is 4.79. The van der Waals surface area contributed by atoms with E-state index in [0.717, 1.165) is 4.47 Å². The number of nitrogens with zero attached hydrogens (tertiary/aromatic N) is 4. The van der Waals surface area contributed by atoms with Gasteiger partial charge in [-0.15, -0.1) is 0 Å². The molecule has 0 saturated heterocycles. The Bertz CT molecular complexity index is 1560. The number of aryl methyl sites for hydroxylation is 1. The van der Waals surface area contributed by atoms with Crippen molar-refractivity contribution in [2.75, 3.05) is 0 Å². The number of hydrogen-bond donors (Lipinski definition) is 1. The molecule has 11 heteroatoms. The summed E-state index contributed by atoms with van der Waals surface area (Å²) in [6.07, 6.45) is 1.76. The SMILES string of the molecule is CCc1nc2ccc(Br)cc2c(=O)n1N=Cc1cc([N+](=O)[O-])ccc1OCc1ccc(C(=O)O)cc1. The van der Waals surface area contributed by atoms with Gasteiger partial charge in [0.25, 0.3) is 11.2 Å². The minimum absolute atomic E-state index is 0.0876. The summed E-state index contributed by atoms with van der Waals surface area (Å²) in [6.45, 7) is 1.93. The van der Waals surface area contributed by atoms with Gasteiger partial charge in [0.2, 0.25) is 0 Å². The van der Waals surface area contributed by atoms with E-state index >= 15 is 0 Å². The molecule has 3 aromatic carbocycles. The number of ether oxygens (including phenoxy) is 1. The molecule has 0 bridgehead atoms. The lowest BCUT2D eigenvalue weighted by Gasteiger charge is -2.10. The molecular formula is C25H19BrN4O6. The molecule has 1 N–H and O–H groups in total. The molecular weight excluding hydrogens is 532 g/mol. The Morgan fingerprint density at radius 2 is 1.94 bits per heavy atom. The Kier molecular flexibility index (Phi) is 7.20. The normalized spacial score (nSPS) is 11.2. The highest BCUT2D eigenvalue weighted by Crippen LogP contribution is 2.24. The van der Waals surface area contributed by atoms with Gasteiger partial charge in [-0.05, 0) is 42.0 Å². The summed E-state index contributed by atoms with van der Waals surface area (Å²) in [5.74, 6) is -0.305. The van der Waals surface area contributed by atoms with Crippen molar-refractivity contribution >= 4 is 44.7 Å². The number of fused-ring (bicyclic) bond motifs is 1. The monoisotopic (exact) mass is 550 g/mol. The summed E-state index contributed by atoms with van der Waals surface area (Å²) >= 11 is 3.36. The van der Waals surface area contributed by atoms with Crippen molar-refractivity contribution in [3.8, 4) is 5.75 Å². The number of aromatic nitrogens is 2. The highest BCUT2D eigenvalue weighted by atomic mass is 79.9. The zero-order valence-corrected chi connectivity index (χ0v) is 20.5. The number of nitro benzene ring substituents is 1. The number of halogens is 1. The first-order valence-corrected chi connectivity index (χ1v) is 11.5. The van der Waals surface area contributed by atoms with Crippen molar-refractivity contribution in [2.24, 2.45) is 5.10 Å².